The number of nitrogens with one attached hydrogen (secondary N) is 2. The van der Waals surface area contributed by atoms with Crippen LogP contribution in [-0.2, 0) is 0 Å². The van der Waals surface area contributed by atoms with E-state index in [2.05, 4.69) is 10.6 Å². The molecule has 0 aliphatic rings. The minimum Gasteiger partial charge on any atom is -0.493 e. The Morgan fingerprint density at radius 3 is 2.42 bits per heavy atom. The fourth-order valence-corrected chi connectivity index (χ4v) is 2.15. The minimum atomic E-state index is -0.970. The Morgan fingerprint density at radius 1 is 1.15 bits per heavy atom. The average Bonchev–Trinajstić information content (AvgIpc) is 2.64. The van der Waals surface area contributed by atoms with Gasteiger partial charge >= 0.3 is 6.03 Å². The van der Waals surface area contributed by atoms with Crippen molar-refractivity contribution in [2.24, 2.45) is 0 Å². The zero-order valence-corrected chi connectivity index (χ0v) is 14.5. The number of aliphatic hydroxyl groups excluding tert-OH is 1. The molecule has 0 spiro atoms. The molecule has 0 bridgehead atoms. The summed E-state index contributed by atoms with van der Waals surface area (Å²) >= 11 is 0. The summed E-state index contributed by atoms with van der Waals surface area (Å²) in [4.78, 5) is 11.8. The van der Waals surface area contributed by atoms with E-state index in [9.17, 15) is 14.3 Å². The van der Waals surface area contributed by atoms with E-state index in [-0.39, 0.29) is 13.2 Å². The molecule has 7 nitrogen and oxygen atoms in total. The molecule has 0 heterocycles. The number of halogens is 1. The van der Waals surface area contributed by atoms with Crippen molar-refractivity contribution in [2.45, 2.75) is 6.10 Å². The molecule has 0 aromatic heterocycles. The van der Waals surface area contributed by atoms with Crippen molar-refractivity contribution >= 4 is 11.7 Å². The highest BCUT2D eigenvalue weighted by Crippen LogP contribution is 2.36. The Balaban J connectivity index is 1.82. The molecule has 0 radical (unpaired) electrons. The zero-order valence-electron chi connectivity index (χ0n) is 14.5. The first-order valence-corrected chi connectivity index (χ1v) is 7.85. The molecule has 0 fully saturated rings. The molecule has 0 aliphatic heterocycles. The molecule has 2 rings (SSSR count). The lowest BCUT2D eigenvalue weighted by atomic mass is 10.3. The van der Waals surface area contributed by atoms with E-state index >= 15 is 0 Å². The van der Waals surface area contributed by atoms with Gasteiger partial charge in [0, 0.05) is 12.2 Å². The van der Waals surface area contributed by atoms with Gasteiger partial charge in [-0.2, -0.15) is 0 Å². The predicted octanol–water partition coefficient (Wildman–Crippen LogP) is 2.40. The summed E-state index contributed by atoms with van der Waals surface area (Å²) in [5.41, 5.74) is 0.312. The molecule has 0 aliphatic carbocycles. The van der Waals surface area contributed by atoms with E-state index < -0.39 is 18.0 Å². The van der Waals surface area contributed by atoms with E-state index in [1.165, 1.54) is 32.4 Å². The van der Waals surface area contributed by atoms with Crippen LogP contribution in [0.25, 0.3) is 0 Å². The van der Waals surface area contributed by atoms with Gasteiger partial charge in [-0.3, -0.25) is 0 Å². The summed E-state index contributed by atoms with van der Waals surface area (Å²) in [6.45, 7) is -0.143. The Bertz CT molecular complexity index is 719. The first kappa shape index (κ1) is 19.3. The number of urea groups is 1. The number of methoxy groups -OCH3 is 2. The maximum Gasteiger partial charge on any atom is 0.319 e. The van der Waals surface area contributed by atoms with Crippen LogP contribution in [0.2, 0.25) is 0 Å². The number of anilines is 1. The standard InChI is InChI=1S/C18H21FN2O5/c1-24-15-7-4-8-16(25-2)17(15)26-11-14(22)10-20-18(23)21-13-6-3-5-12(19)9-13/h3-9,14,22H,10-11H2,1-2H3,(H2,20,21,23)/t14-/m1/s1. The fraction of sp³-hybridized carbons (Fsp3) is 0.278. The second kappa shape index (κ2) is 9.47. The fourth-order valence-electron chi connectivity index (χ4n) is 2.15. The number of benzene rings is 2. The van der Waals surface area contributed by atoms with Crippen LogP contribution in [0.3, 0.4) is 0 Å². The number of amides is 2. The molecule has 2 aromatic rings. The number of hydrogen-bond acceptors (Lipinski definition) is 5. The summed E-state index contributed by atoms with van der Waals surface area (Å²) in [6.07, 6.45) is -0.970. The highest BCUT2D eigenvalue weighted by molar-refractivity contribution is 5.89. The Kier molecular flexibility index (Phi) is 7.04. The van der Waals surface area contributed by atoms with Gasteiger partial charge in [0.05, 0.1) is 14.2 Å². The van der Waals surface area contributed by atoms with Gasteiger partial charge in [-0.1, -0.05) is 12.1 Å². The first-order valence-electron chi connectivity index (χ1n) is 7.85. The third-order valence-electron chi connectivity index (χ3n) is 3.38. The lowest BCUT2D eigenvalue weighted by molar-refractivity contribution is 0.105. The maximum atomic E-state index is 13.1. The van der Waals surface area contributed by atoms with Crippen molar-refractivity contribution in [1.29, 1.82) is 0 Å². The van der Waals surface area contributed by atoms with E-state index in [4.69, 9.17) is 14.2 Å². The van der Waals surface area contributed by atoms with Gasteiger partial charge in [0.15, 0.2) is 11.5 Å². The van der Waals surface area contributed by atoms with Crippen LogP contribution < -0.4 is 24.8 Å². The molecule has 1 atom stereocenters. The summed E-state index contributed by atoms with van der Waals surface area (Å²) in [7, 11) is 2.99. The topological polar surface area (TPSA) is 89.1 Å². The average molecular weight is 364 g/mol. The van der Waals surface area contributed by atoms with E-state index in [0.29, 0.717) is 22.9 Å². The van der Waals surface area contributed by atoms with Crippen LogP contribution >= 0.6 is 0 Å². The molecule has 26 heavy (non-hydrogen) atoms. The third-order valence-corrected chi connectivity index (χ3v) is 3.38. The van der Waals surface area contributed by atoms with Crippen LogP contribution in [0.4, 0.5) is 14.9 Å². The maximum absolute atomic E-state index is 13.1. The van der Waals surface area contributed by atoms with Crippen molar-refractivity contribution < 1.29 is 28.5 Å². The van der Waals surface area contributed by atoms with Crippen LogP contribution in [0.5, 0.6) is 17.2 Å². The largest absolute Gasteiger partial charge is 0.493 e. The second-order valence-corrected chi connectivity index (χ2v) is 5.30. The summed E-state index contributed by atoms with van der Waals surface area (Å²) in [5, 5.41) is 14.9. The highest BCUT2D eigenvalue weighted by Gasteiger charge is 2.14. The number of carbonyl (C=O) groups is 1. The van der Waals surface area contributed by atoms with Crippen LogP contribution in [0.15, 0.2) is 42.5 Å². The molecule has 140 valence electrons. The molecular formula is C18H21FN2O5. The van der Waals surface area contributed by atoms with Crippen LogP contribution in [0, 0.1) is 5.82 Å². The summed E-state index contributed by atoms with van der Waals surface area (Å²) in [6, 6.07) is 10.1. The van der Waals surface area contributed by atoms with Crippen molar-refractivity contribution in [2.75, 3.05) is 32.7 Å². The second-order valence-electron chi connectivity index (χ2n) is 5.30. The SMILES string of the molecule is COc1cccc(OC)c1OC[C@H](O)CNC(=O)Nc1cccc(F)c1. The smallest absolute Gasteiger partial charge is 0.319 e. The monoisotopic (exact) mass is 364 g/mol. The lowest BCUT2D eigenvalue weighted by Gasteiger charge is -2.17. The highest BCUT2D eigenvalue weighted by atomic mass is 19.1. The third kappa shape index (κ3) is 5.52. The molecule has 0 saturated heterocycles. The van der Waals surface area contributed by atoms with Gasteiger partial charge < -0.3 is 30.0 Å². The van der Waals surface area contributed by atoms with Crippen molar-refractivity contribution in [3.8, 4) is 17.2 Å². The molecular weight excluding hydrogens is 343 g/mol. The quantitative estimate of drug-likeness (QED) is 0.669. The van der Waals surface area contributed by atoms with Crippen LogP contribution in [0.1, 0.15) is 0 Å². The van der Waals surface area contributed by atoms with Gasteiger partial charge in [-0.15, -0.1) is 0 Å². The summed E-state index contributed by atoms with van der Waals surface area (Å²) < 4.78 is 29.0. The molecule has 0 saturated carbocycles. The number of aliphatic hydroxyl groups is 1. The Labute approximate surface area is 150 Å². The molecule has 8 heteroatoms. The first-order chi connectivity index (χ1) is 12.5. The van der Waals surface area contributed by atoms with Crippen molar-refractivity contribution in [3.63, 3.8) is 0 Å². The van der Waals surface area contributed by atoms with E-state index in [0.717, 1.165) is 0 Å². The number of carbonyl (C=O) groups excluding carboxylic acids is 1. The predicted molar refractivity (Wildman–Crippen MR) is 94.5 cm³/mol. The number of ether oxygens (including phenoxy) is 3. The van der Waals surface area contributed by atoms with Gasteiger partial charge in [-0.05, 0) is 30.3 Å². The molecule has 0 unspecified atom stereocenters. The van der Waals surface area contributed by atoms with Crippen molar-refractivity contribution in [3.05, 3.63) is 48.3 Å². The number of rotatable bonds is 8. The Hall–Kier alpha value is -3.00. The molecule has 2 aromatic carbocycles. The summed E-state index contributed by atoms with van der Waals surface area (Å²) in [5.74, 6) is 0.837. The van der Waals surface area contributed by atoms with E-state index in [1.807, 2.05) is 0 Å². The van der Waals surface area contributed by atoms with Gasteiger partial charge in [0.1, 0.15) is 18.5 Å². The van der Waals surface area contributed by atoms with Crippen molar-refractivity contribution in [1.82, 2.24) is 5.32 Å². The van der Waals surface area contributed by atoms with Gasteiger partial charge in [0.2, 0.25) is 5.75 Å². The molecule has 3 N–H and O–H groups in total. The molecule has 2 amide bonds. The van der Waals surface area contributed by atoms with Gasteiger partial charge in [-0.25, -0.2) is 9.18 Å². The van der Waals surface area contributed by atoms with Crippen LogP contribution in [-0.4, -0.2) is 44.6 Å². The minimum absolute atomic E-state index is 0.0569. The number of para-hydroxylation sites is 1. The number of hydrogen-bond donors (Lipinski definition) is 3. The van der Waals surface area contributed by atoms with Gasteiger partial charge in [0.25, 0.3) is 0 Å². The van der Waals surface area contributed by atoms with E-state index in [1.54, 1.807) is 24.3 Å². The lowest BCUT2D eigenvalue weighted by Crippen LogP contribution is -2.37. The normalized spacial score (nSPS) is 11.4. The zero-order chi connectivity index (χ0) is 18.9. The Morgan fingerprint density at radius 2 is 1.81 bits per heavy atom.